The van der Waals surface area contributed by atoms with Crippen LogP contribution in [0.4, 0.5) is 0 Å². The van der Waals surface area contributed by atoms with Crippen LogP contribution in [-0.4, -0.2) is 18.2 Å². The first kappa shape index (κ1) is 24.4. The lowest BCUT2D eigenvalue weighted by Crippen LogP contribution is -1.99. The largest absolute Gasteiger partial charge is 0.494 e. The van der Waals surface area contributed by atoms with E-state index in [1.807, 2.05) is 6.07 Å². The van der Waals surface area contributed by atoms with Crippen LogP contribution < -0.4 is 9.47 Å². The number of rotatable bonds is 16. The van der Waals surface area contributed by atoms with Gasteiger partial charge in [0, 0.05) is 11.5 Å². The highest BCUT2D eigenvalue weighted by molar-refractivity contribution is 6.06. The van der Waals surface area contributed by atoms with Crippen molar-refractivity contribution in [2.45, 2.75) is 90.9 Å². The second-order valence-electron chi connectivity index (χ2n) is 8.90. The lowest BCUT2D eigenvalue weighted by Gasteiger charge is -2.10. The number of unbranched alkanes of at least 4 members (excludes halogenated alkanes) is 10. The Labute approximate surface area is 194 Å². The second kappa shape index (κ2) is 14.0. The van der Waals surface area contributed by atoms with Crippen LogP contribution in [0.15, 0.2) is 42.5 Å². The van der Waals surface area contributed by atoms with Gasteiger partial charge in [-0.05, 0) is 47.9 Å². The quantitative estimate of drug-likeness (QED) is 0.166. The highest BCUT2D eigenvalue weighted by Crippen LogP contribution is 2.29. The Morgan fingerprint density at radius 3 is 1.97 bits per heavy atom. The van der Waals surface area contributed by atoms with Crippen molar-refractivity contribution in [2.75, 3.05) is 13.2 Å². The molecule has 3 heteroatoms. The Morgan fingerprint density at radius 1 is 0.594 bits per heavy atom. The zero-order valence-electron chi connectivity index (χ0n) is 20.2. The predicted octanol–water partition coefficient (Wildman–Crippen LogP) is 8.87. The molecule has 0 amide bonds. The Bertz CT molecular complexity index is 937. The fourth-order valence-electron chi connectivity index (χ4n) is 4.21. The molecule has 0 saturated carbocycles. The third kappa shape index (κ3) is 7.69. The van der Waals surface area contributed by atoms with Gasteiger partial charge in [-0.1, -0.05) is 90.2 Å². The van der Waals surface area contributed by atoms with Gasteiger partial charge in [0.05, 0.1) is 18.7 Å². The predicted molar refractivity (Wildman–Crippen MR) is 137 cm³/mol. The summed E-state index contributed by atoms with van der Waals surface area (Å²) in [4.78, 5) is 4.71. The number of hydrogen-bond donors (Lipinski definition) is 0. The van der Waals surface area contributed by atoms with Crippen LogP contribution >= 0.6 is 0 Å². The minimum atomic E-state index is 0.721. The molecule has 0 saturated heterocycles. The zero-order chi connectivity index (χ0) is 22.4. The molecular formula is C29H41NO2. The van der Waals surface area contributed by atoms with Crippen molar-refractivity contribution >= 4 is 21.7 Å². The molecule has 0 aliphatic rings. The van der Waals surface area contributed by atoms with E-state index in [1.165, 1.54) is 75.0 Å². The van der Waals surface area contributed by atoms with Gasteiger partial charge in [-0.25, -0.2) is 4.98 Å². The summed E-state index contributed by atoms with van der Waals surface area (Å²) in [5.74, 6) is 1.68. The van der Waals surface area contributed by atoms with Gasteiger partial charge in [-0.3, -0.25) is 0 Å². The summed E-state index contributed by atoms with van der Waals surface area (Å²) in [6, 6.07) is 14.8. The van der Waals surface area contributed by atoms with Crippen molar-refractivity contribution in [2.24, 2.45) is 0 Å². The third-order valence-electron chi connectivity index (χ3n) is 6.15. The average molecular weight is 436 g/mol. The highest BCUT2D eigenvalue weighted by Gasteiger charge is 2.06. The smallest absolute Gasteiger partial charge is 0.213 e. The molecule has 0 N–H and O–H groups in total. The monoisotopic (exact) mass is 435 g/mol. The number of hydrogen-bond acceptors (Lipinski definition) is 3. The molecule has 0 spiro atoms. The molecule has 0 radical (unpaired) electrons. The number of pyridine rings is 1. The van der Waals surface area contributed by atoms with Gasteiger partial charge in [0.15, 0.2) is 0 Å². The fourth-order valence-corrected chi connectivity index (χ4v) is 4.21. The molecule has 2 aromatic carbocycles. The Morgan fingerprint density at radius 2 is 1.22 bits per heavy atom. The molecule has 0 unspecified atom stereocenters. The Kier molecular flexibility index (Phi) is 10.6. The van der Waals surface area contributed by atoms with Crippen LogP contribution in [0.1, 0.15) is 90.9 Å². The summed E-state index contributed by atoms with van der Waals surface area (Å²) < 4.78 is 11.9. The average Bonchev–Trinajstić information content (AvgIpc) is 2.82. The minimum Gasteiger partial charge on any atom is -0.494 e. The van der Waals surface area contributed by atoms with Crippen LogP contribution in [-0.2, 0) is 0 Å². The van der Waals surface area contributed by atoms with E-state index in [0.29, 0.717) is 0 Å². The topological polar surface area (TPSA) is 31.4 Å². The summed E-state index contributed by atoms with van der Waals surface area (Å²) in [5, 5.41) is 3.57. The summed E-state index contributed by atoms with van der Waals surface area (Å²) in [5.41, 5.74) is 0.983. The molecule has 1 aromatic heterocycles. The van der Waals surface area contributed by atoms with Gasteiger partial charge in [-0.2, -0.15) is 0 Å². The molecule has 0 fully saturated rings. The lowest BCUT2D eigenvalue weighted by molar-refractivity contribution is 0.295. The van der Waals surface area contributed by atoms with Crippen LogP contribution in [0.25, 0.3) is 21.7 Å². The first-order chi connectivity index (χ1) is 15.8. The van der Waals surface area contributed by atoms with Crippen LogP contribution in [0.3, 0.4) is 0 Å². The van der Waals surface area contributed by atoms with Gasteiger partial charge >= 0.3 is 0 Å². The molecule has 0 bridgehead atoms. The summed E-state index contributed by atoms with van der Waals surface area (Å²) >= 11 is 0. The van der Waals surface area contributed by atoms with Gasteiger partial charge in [0.1, 0.15) is 5.75 Å². The van der Waals surface area contributed by atoms with Crippen LogP contribution in [0, 0.1) is 0 Å². The Balaban J connectivity index is 1.49. The molecule has 0 aliphatic carbocycles. The van der Waals surface area contributed by atoms with E-state index in [4.69, 9.17) is 14.5 Å². The van der Waals surface area contributed by atoms with E-state index >= 15 is 0 Å². The summed E-state index contributed by atoms with van der Waals surface area (Å²) in [6.07, 6.45) is 15.4. The minimum absolute atomic E-state index is 0.721. The lowest BCUT2D eigenvalue weighted by atomic mass is 10.0. The first-order valence-corrected chi connectivity index (χ1v) is 12.9. The number of benzene rings is 2. The number of nitrogens with zero attached hydrogens (tertiary/aromatic N) is 1. The molecular weight excluding hydrogens is 394 g/mol. The fraction of sp³-hybridized carbons (Fsp3) is 0.552. The number of ether oxygens (including phenoxy) is 2. The second-order valence-corrected chi connectivity index (χ2v) is 8.90. The van der Waals surface area contributed by atoms with E-state index in [2.05, 4.69) is 50.2 Å². The van der Waals surface area contributed by atoms with E-state index in [9.17, 15) is 0 Å². The van der Waals surface area contributed by atoms with Crippen molar-refractivity contribution in [3.8, 4) is 11.6 Å². The zero-order valence-corrected chi connectivity index (χ0v) is 20.2. The van der Waals surface area contributed by atoms with Crippen LogP contribution in [0.5, 0.6) is 11.6 Å². The van der Waals surface area contributed by atoms with E-state index in [-0.39, 0.29) is 0 Å². The summed E-state index contributed by atoms with van der Waals surface area (Å²) in [6.45, 7) is 6.04. The maximum Gasteiger partial charge on any atom is 0.213 e. The SMILES string of the molecule is CCCCCCCCCCOc1ccc2c(ccc3nc(OCCCCCC)ccc32)c1. The van der Waals surface area contributed by atoms with Gasteiger partial charge in [-0.15, -0.1) is 0 Å². The van der Waals surface area contributed by atoms with Crippen molar-refractivity contribution in [1.82, 2.24) is 4.98 Å². The van der Waals surface area contributed by atoms with Gasteiger partial charge < -0.3 is 9.47 Å². The third-order valence-corrected chi connectivity index (χ3v) is 6.15. The first-order valence-electron chi connectivity index (χ1n) is 12.9. The maximum atomic E-state index is 6.03. The van der Waals surface area contributed by atoms with Crippen molar-refractivity contribution in [3.63, 3.8) is 0 Å². The molecule has 174 valence electrons. The normalized spacial score (nSPS) is 11.3. The molecule has 3 aromatic rings. The van der Waals surface area contributed by atoms with Gasteiger partial charge in [0.25, 0.3) is 0 Å². The van der Waals surface area contributed by atoms with Crippen molar-refractivity contribution < 1.29 is 9.47 Å². The van der Waals surface area contributed by atoms with E-state index in [1.54, 1.807) is 0 Å². The number of fused-ring (bicyclic) bond motifs is 3. The standard InChI is InChI=1S/C29H41NO2/c1-3-5-7-9-10-11-12-14-21-31-25-16-17-26-24(23-25)15-19-28-27(26)18-20-29(30-28)32-22-13-8-6-4-2/h15-20,23H,3-14,21-22H2,1-2H3. The van der Waals surface area contributed by atoms with Crippen LogP contribution in [0.2, 0.25) is 0 Å². The molecule has 3 nitrogen and oxygen atoms in total. The number of aromatic nitrogens is 1. The summed E-state index contributed by atoms with van der Waals surface area (Å²) in [7, 11) is 0. The van der Waals surface area contributed by atoms with Crippen molar-refractivity contribution in [1.29, 1.82) is 0 Å². The van der Waals surface area contributed by atoms with Crippen molar-refractivity contribution in [3.05, 3.63) is 42.5 Å². The highest BCUT2D eigenvalue weighted by atomic mass is 16.5. The van der Waals surface area contributed by atoms with E-state index in [0.717, 1.165) is 48.6 Å². The molecule has 1 heterocycles. The molecule has 0 atom stereocenters. The maximum absolute atomic E-state index is 6.03. The van der Waals surface area contributed by atoms with Gasteiger partial charge in [0.2, 0.25) is 5.88 Å². The molecule has 0 aliphatic heterocycles. The van der Waals surface area contributed by atoms with E-state index < -0.39 is 0 Å². The molecule has 32 heavy (non-hydrogen) atoms. The molecule has 3 rings (SSSR count). The Hall–Kier alpha value is -2.29.